The topological polar surface area (TPSA) is 136 Å². The first-order chi connectivity index (χ1) is 16.8. The highest BCUT2D eigenvalue weighted by atomic mass is 16.2. The Morgan fingerprint density at radius 3 is 2.57 bits per heavy atom. The lowest BCUT2D eigenvalue weighted by atomic mass is 9.38. The van der Waals surface area contributed by atoms with Crippen molar-refractivity contribution < 1.29 is 9.59 Å². The normalized spacial score (nSPS) is 24.9. The molecule has 35 heavy (non-hydrogen) atoms. The number of carbonyl (C=O) groups is 2. The van der Waals surface area contributed by atoms with Gasteiger partial charge in [0, 0.05) is 18.2 Å². The number of amides is 1. The van der Waals surface area contributed by atoms with Crippen molar-refractivity contribution in [2.75, 3.05) is 5.32 Å². The van der Waals surface area contributed by atoms with Gasteiger partial charge in [0.05, 0.1) is 46.0 Å². The Kier molecular flexibility index (Phi) is 4.34. The molecular weight excluding hydrogens is 442 g/mol. The summed E-state index contributed by atoms with van der Waals surface area (Å²) < 4.78 is 1.71. The molecule has 0 spiro atoms. The van der Waals surface area contributed by atoms with Crippen LogP contribution in [0.25, 0.3) is 16.9 Å². The van der Waals surface area contributed by atoms with E-state index in [1.54, 1.807) is 23.7 Å². The summed E-state index contributed by atoms with van der Waals surface area (Å²) in [6.07, 6.45) is 7.63. The summed E-state index contributed by atoms with van der Waals surface area (Å²) in [4.78, 5) is 29.3. The number of pyridine rings is 1. The first-order valence-electron chi connectivity index (χ1n) is 11.7. The standard InChI is InChI=1S/C26H23N7O2/c1-16(34)8-24-12-26(13-24,14-24)31-20-7-21(22-3-2-18-6-17(9-27)10-30-33(18)22)29-11-19(20)23(35)32-25(15-28)4-5-25/h2-3,6-7,10-11H,4-5,8,12-14H2,1H3,(H,29,31)(H,32,35). The van der Waals surface area contributed by atoms with Crippen LogP contribution in [0, 0.1) is 28.1 Å². The molecule has 174 valence electrons. The average molecular weight is 466 g/mol. The van der Waals surface area contributed by atoms with Crippen molar-refractivity contribution in [3.63, 3.8) is 0 Å². The van der Waals surface area contributed by atoms with Gasteiger partial charge in [-0.1, -0.05) is 0 Å². The van der Waals surface area contributed by atoms with Crippen LogP contribution in [-0.2, 0) is 4.79 Å². The number of aromatic nitrogens is 3. The van der Waals surface area contributed by atoms with Crippen molar-refractivity contribution in [1.82, 2.24) is 19.9 Å². The fraction of sp³-hybridized carbons (Fsp3) is 0.385. The first kappa shape index (κ1) is 21.3. The minimum Gasteiger partial charge on any atom is -0.379 e. The molecule has 0 aromatic carbocycles. The van der Waals surface area contributed by atoms with Gasteiger partial charge in [0.1, 0.15) is 17.4 Å². The summed E-state index contributed by atoms with van der Waals surface area (Å²) >= 11 is 0. The maximum atomic E-state index is 13.1. The maximum Gasteiger partial charge on any atom is 0.256 e. The Balaban J connectivity index is 1.34. The van der Waals surface area contributed by atoms with Gasteiger partial charge >= 0.3 is 0 Å². The third-order valence-electron chi connectivity index (χ3n) is 7.52. The number of nitrogens with one attached hydrogen (secondary N) is 2. The van der Waals surface area contributed by atoms with Gasteiger partial charge in [-0.05, 0) is 68.7 Å². The number of hydrogen-bond donors (Lipinski definition) is 2. The predicted molar refractivity (Wildman–Crippen MR) is 126 cm³/mol. The molecule has 0 unspecified atom stereocenters. The van der Waals surface area contributed by atoms with Gasteiger partial charge in [-0.3, -0.25) is 9.78 Å². The summed E-state index contributed by atoms with van der Waals surface area (Å²) in [5.41, 5.74) is 2.84. The van der Waals surface area contributed by atoms with Crippen LogP contribution in [0.4, 0.5) is 5.69 Å². The van der Waals surface area contributed by atoms with Crippen LogP contribution < -0.4 is 10.6 Å². The molecule has 4 aliphatic carbocycles. The van der Waals surface area contributed by atoms with Crippen molar-refractivity contribution in [3.05, 3.63) is 47.8 Å². The molecule has 7 rings (SSSR count). The van der Waals surface area contributed by atoms with E-state index in [0.717, 1.165) is 30.5 Å². The highest BCUT2D eigenvalue weighted by molar-refractivity contribution is 6.01. The molecule has 4 aliphatic rings. The second-order valence-corrected chi connectivity index (χ2v) is 10.5. The molecule has 4 saturated carbocycles. The number of ketones is 1. The third kappa shape index (κ3) is 3.43. The molecule has 3 aromatic rings. The maximum absolute atomic E-state index is 13.1. The third-order valence-corrected chi connectivity index (χ3v) is 7.52. The highest BCUT2D eigenvalue weighted by Gasteiger charge is 2.68. The van der Waals surface area contributed by atoms with E-state index in [0.29, 0.717) is 41.8 Å². The lowest BCUT2D eigenvalue weighted by Crippen LogP contribution is -2.71. The zero-order valence-corrected chi connectivity index (χ0v) is 19.3. The average Bonchev–Trinajstić information content (AvgIpc) is 3.44. The molecule has 2 N–H and O–H groups in total. The smallest absolute Gasteiger partial charge is 0.256 e. The van der Waals surface area contributed by atoms with Crippen molar-refractivity contribution >= 4 is 22.9 Å². The van der Waals surface area contributed by atoms with E-state index < -0.39 is 5.54 Å². The number of carbonyl (C=O) groups excluding carboxylic acids is 2. The lowest BCUT2D eigenvalue weighted by Gasteiger charge is -2.71. The molecule has 0 atom stereocenters. The zero-order chi connectivity index (χ0) is 24.4. The van der Waals surface area contributed by atoms with Crippen molar-refractivity contribution in [1.29, 1.82) is 10.5 Å². The number of Topliss-reactive ketones (excluding diaryl/α,β-unsaturated/α-hetero) is 1. The minimum atomic E-state index is -0.783. The van der Waals surface area contributed by atoms with Gasteiger partial charge < -0.3 is 15.4 Å². The molecule has 9 heteroatoms. The second-order valence-electron chi connectivity index (χ2n) is 10.5. The van der Waals surface area contributed by atoms with Crippen LogP contribution in [0.3, 0.4) is 0 Å². The number of fused-ring (bicyclic) bond motifs is 1. The molecule has 4 fully saturated rings. The second kappa shape index (κ2) is 7.13. The predicted octanol–water partition coefficient (Wildman–Crippen LogP) is 3.37. The Bertz CT molecular complexity index is 1480. The Morgan fingerprint density at radius 1 is 1.14 bits per heavy atom. The summed E-state index contributed by atoms with van der Waals surface area (Å²) in [6, 6.07) is 11.6. The van der Waals surface area contributed by atoms with Crippen LogP contribution in [0.2, 0.25) is 0 Å². The molecule has 0 aliphatic heterocycles. The highest BCUT2D eigenvalue weighted by Crippen LogP contribution is 2.70. The fourth-order valence-corrected chi connectivity index (χ4v) is 5.94. The van der Waals surface area contributed by atoms with E-state index >= 15 is 0 Å². The molecule has 3 aromatic heterocycles. The molecule has 0 radical (unpaired) electrons. The van der Waals surface area contributed by atoms with E-state index in [2.05, 4.69) is 32.9 Å². The summed E-state index contributed by atoms with van der Waals surface area (Å²) in [7, 11) is 0. The van der Waals surface area contributed by atoms with E-state index in [-0.39, 0.29) is 22.6 Å². The first-order valence-corrected chi connectivity index (χ1v) is 11.7. The molecule has 0 saturated heterocycles. The largest absolute Gasteiger partial charge is 0.379 e. The Labute approximate surface area is 201 Å². The minimum absolute atomic E-state index is 0.0933. The zero-order valence-electron chi connectivity index (χ0n) is 19.3. The summed E-state index contributed by atoms with van der Waals surface area (Å²) in [5, 5.41) is 29.4. The van der Waals surface area contributed by atoms with E-state index in [1.807, 2.05) is 18.2 Å². The summed E-state index contributed by atoms with van der Waals surface area (Å²) in [5.74, 6) is -0.115. The van der Waals surface area contributed by atoms with Gasteiger partial charge in [-0.15, -0.1) is 0 Å². The van der Waals surface area contributed by atoms with Crippen LogP contribution in [0.5, 0.6) is 0 Å². The molecule has 3 heterocycles. The van der Waals surface area contributed by atoms with Gasteiger partial charge in [0.15, 0.2) is 0 Å². The van der Waals surface area contributed by atoms with Gasteiger partial charge in [-0.25, -0.2) is 4.52 Å². The van der Waals surface area contributed by atoms with E-state index in [1.165, 1.54) is 6.20 Å². The fourth-order valence-electron chi connectivity index (χ4n) is 5.94. The van der Waals surface area contributed by atoms with Crippen LogP contribution in [-0.4, -0.2) is 37.4 Å². The number of rotatable bonds is 7. The van der Waals surface area contributed by atoms with Crippen molar-refractivity contribution in [3.8, 4) is 23.5 Å². The Hall–Kier alpha value is -4.24. The lowest BCUT2D eigenvalue weighted by molar-refractivity contribution is -0.144. The number of nitriles is 2. The number of nitrogens with zero attached hydrogens (tertiary/aromatic N) is 5. The van der Waals surface area contributed by atoms with E-state index in [4.69, 9.17) is 5.26 Å². The number of hydrogen-bond acceptors (Lipinski definition) is 7. The quantitative estimate of drug-likeness (QED) is 0.546. The van der Waals surface area contributed by atoms with Gasteiger partial charge in [0.2, 0.25) is 0 Å². The van der Waals surface area contributed by atoms with Crippen LogP contribution >= 0.6 is 0 Å². The molecule has 1 amide bonds. The van der Waals surface area contributed by atoms with Crippen molar-refractivity contribution in [2.24, 2.45) is 5.41 Å². The van der Waals surface area contributed by atoms with Gasteiger partial charge in [-0.2, -0.15) is 15.6 Å². The monoisotopic (exact) mass is 465 g/mol. The van der Waals surface area contributed by atoms with Gasteiger partial charge in [0.25, 0.3) is 5.91 Å². The Morgan fingerprint density at radius 2 is 1.91 bits per heavy atom. The molecular formula is C26H23N7O2. The van der Waals surface area contributed by atoms with Crippen LogP contribution in [0.15, 0.2) is 36.7 Å². The SMILES string of the molecule is CC(=O)CC12CC(Nc3cc(-c4ccc5cc(C#N)cnn45)ncc3C(=O)NC3(C#N)CC3)(C1)C2. The van der Waals surface area contributed by atoms with Crippen molar-refractivity contribution in [2.45, 2.75) is 56.5 Å². The van der Waals surface area contributed by atoms with Crippen LogP contribution in [0.1, 0.15) is 61.4 Å². The molecule has 2 bridgehead atoms. The number of anilines is 1. The molecule has 9 nitrogen and oxygen atoms in total. The summed E-state index contributed by atoms with van der Waals surface area (Å²) in [6.45, 7) is 1.64. The van der Waals surface area contributed by atoms with E-state index in [9.17, 15) is 14.9 Å².